The second kappa shape index (κ2) is 4.98. The van der Waals surface area contributed by atoms with E-state index in [0.29, 0.717) is 16.1 Å². The highest BCUT2D eigenvalue weighted by molar-refractivity contribution is 7.16. The Hall–Kier alpha value is -1.56. The maximum atomic E-state index is 11.6. The van der Waals surface area contributed by atoms with E-state index in [-0.39, 0.29) is 12.3 Å². The van der Waals surface area contributed by atoms with Gasteiger partial charge in [0.2, 0.25) is 5.91 Å². The normalized spacial score (nSPS) is 10.1. The molecular weight excluding hydrogens is 226 g/mol. The van der Waals surface area contributed by atoms with Crippen molar-refractivity contribution in [2.45, 2.75) is 19.8 Å². The number of rotatable bonds is 4. The molecule has 88 valence electrons. The minimum Gasteiger partial charge on any atom is -0.390 e. The molecule has 0 fully saturated rings. The lowest BCUT2D eigenvalue weighted by Gasteiger charge is -2.04. The number of primary amides is 1. The van der Waals surface area contributed by atoms with Crippen LogP contribution >= 0.6 is 11.3 Å². The first-order valence-electron chi connectivity index (χ1n) is 4.91. The Morgan fingerprint density at radius 1 is 1.44 bits per heavy atom. The second-order valence-corrected chi connectivity index (χ2v) is 4.46. The number of aryl methyl sites for hydroxylation is 1. The van der Waals surface area contributed by atoms with Crippen LogP contribution in [0.2, 0.25) is 0 Å². The molecule has 1 aromatic rings. The molecule has 5 nitrogen and oxygen atoms in total. The molecule has 6 heteroatoms. The van der Waals surface area contributed by atoms with Crippen LogP contribution < -0.4 is 16.8 Å². The predicted molar refractivity (Wildman–Crippen MR) is 64.4 cm³/mol. The van der Waals surface area contributed by atoms with Crippen LogP contribution in [0.25, 0.3) is 0 Å². The van der Waals surface area contributed by atoms with Crippen LogP contribution in [0.5, 0.6) is 0 Å². The number of nitrogens with two attached hydrogens (primary N) is 2. The number of carbonyl (C=O) groups is 2. The fourth-order valence-corrected chi connectivity index (χ4v) is 2.58. The number of nitrogens with one attached hydrogen (secondary N) is 1. The fourth-order valence-electron chi connectivity index (χ4n) is 1.55. The summed E-state index contributed by atoms with van der Waals surface area (Å²) < 4.78 is 0. The molecule has 1 rings (SSSR count). The van der Waals surface area contributed by atoms with E-state index < -0.39 is 5.91 Å². The van der Waals surface area contributed by atoms with Crippen molar-refractivity contribution in [3.8, 4) is 0 Å². The average Bonchev–Trinajstić information content (AvgIpc) is 2.53. The van der Waals surface area contributed by atoms with Gasteiger partial charge in [0.25, 0.3) is 5.91 Å². The smallest absolute Gasteiger partial charge is 0.254 e. The molecule has 16 heavy (non-hydrogen) atoms. The van der Waals surface area contributed by atoms with E-state index in [1.807, 2.05) is 6.92 Å². The van der Waals surface area contributed by atoms with Gasteiger partial charge in [0.05, 0.1) is 17.0 Å². The predicted octanol–water partition coefficient (Wildman–Crippen LogP) is 0.280. The number of nitrogen functional groups attached to an aromatic ring is 1. The number of carbonyl (C=O) groups excluding carboxylic acids is 2. The number of hydrogen-bond acceptors (Lipinski definition) is 4. The molecule has 1 aromatic heterocycles. The van der Waals surface area contributed by atoms with Gasteiger partial charge in [-0.25, -0.2) is 0 Å². The summed E-state index contributed by atoms with van der Waals surface area (Å²) in [6.07, 6.45) is 0.786. The van der Waals surface area contributed by atoms with Gasteiger partial charge in [0, 0.05) is 11.9 Å². The summed E-state index contributed by atoms with van der Waals surface area (Å²) >= 11 is 1.34. The number of anilines is 1. The zero-order chi connectivity index (χ0) is 12.3. The molecule has 0 atom stereocenters. The lowest BCUT2D eigenvalue weighted by molar-refractivity contribution is -0.117. The van der Waals surface area contributed by atoms with Gasteiger partial charge >= 0.3 is 0 Å². The molecule has 0 aromatic carbocycles. The first kappa shape index (κ1) is 12.5. The molecule has 1 heterocycles. The number of thiophene rings is 1. The van der Waals surface area contributed by atoms with Crippen molar-refractivity contribution in [1.82, 2.24) is 5.32 Å². The molecule has 0 aliphatic rings. The lowest BCUT2D eigenvalue weighted by atomic mass is 10.0. The molecule has 0 saturated heterocycles. The van der Waals surface area contributed by atoms with E-state index in [2.05, 4.69) is 5.32 Å². The Labute approximate surface area is 97.8 Å². The quantitative estimate of drug-likeness (QED) is 0.706. The van der Waals surface area contributed by atoms with Crippen molar-refractivity contribution in [1.29, 1.82) is 0 Å². The van der Waals surface area contributed by atoms with Gasteiger partial charge in [0.15, 0.2) is 0 Å². The SMILES string of the molecule is CCc1sc(N)c(C(=O)NC)c1CC(N)=O. The Kier molecular flexibility index (Phi) is 3.89. The van der Waals surface area contributed by atoms with Crippen LogP contribution in [-0.2, 0) is 17.6 Å². The van der Waals surface area contributed by atoms with Crippen molar-refractivity contribution >= 4 is 28.2 Å². The lowest BCUT2D eigenvalue weighted by Crippen LogP contribution is -2.22. The van der Waals surface area contributed by atoms with Crippen molar-refractivity contribution in [2.75, 3.05) is 12.8 Å². The van der Waals surface area contributed by atoms with E-state index in [0.717, 1.165) is 11.3 Å². The molecule has 0 aliphatic carbocycles. The minimum absolute atomic E-state index is 0.0552. The second-order valence-electron chi connectivity index (χ2n) is 3.32. The number of amides is 2. The van der Waals surface area contributed by atoms with Gasteiger partial charge in [-0.05, 0) is 12.0 Å². The standard InChI is InChI=1S/C10H15N3O2S/c1-3-6-5(4-7(11)14)8(9(12)16-6)10(15)13-2/h3-4,12H2,1-2H3,(H2,11,14)(H,13,15). The van der Waals surface area contributed by atoms with E-state index in [1.54, 1.807) is 0 Å². The molecular formula is C10H15N3O2S. The van der Waals surface area contributed by atoms with Gasteiger partial charge in [-0.1, -0.05) is 6.92 Å². The van der Waals surface area contributed by atoms with E-state index in [4.69, 9.17) is 11.5 Å². The van der Waals surface area contributed by atoms with Crippen molar-refractivity contribution in [3.05, 3.63) is 16.0 Å². The molecule has 0 unspecified atom stereocenters. The molecule has 0 aliphatic heterocycles. The Bertz CT molecular complexity index is 426. The van der Waals surface area contributed by atoms with E-state index >= 15 is 0 Å². The van der Waals surface area contributed by atoms with Crippen LogP contribution in [0, 0.1) is 0 Å². The average molecular weight is 241 g/mol. The highest BCUT2D eigenvalue weighted by Gasteiger charge is 2.21. The van der Waals surface area contributed by atoms with Gasteiger partial charge in [-0.3, -0.25) is 9.59 Å². The summed E-state index contributed by atoms with van der Waals surface area (Å²) in [6.45, 7) is 1.95. The minimum atomic E-state index is -0.461. The summed E-state index contributed by atoms with van der Waals surface area (Å²) in [5.74, 6) is -0.734. The summed E-state index contributed by atoms with van der Waals surface area (Å²) in [7, 11) is 1.53. The van der Waals surface area contributed by atoms with Crippen LogP contribution in [0.4, 0.5) is 5.00 Å². The highest BCUT2D eigenvalue weighted by atomic mass is 32.1. The monoisotopic (exact) mass is 241 g/mol. The van der Waals surface area contributed by atoms with E-state index in [9.17, 15) is 9.59 Å². The van der Waals surface area contributed by atoms with Crippen LogP contribution in [0.3, 0.4) is 0 Å². The first-order chi connectivity index (χ1) is 7.51. The molecule has 0 spiro atoms. The molecule has 5 N–H and O–H groups in total. The third-order valence-electron chi connectivity index (χ3n) is 2.24. The zero-order valence-corrected chi connectivity index (χ0v) is 10.1. The Balaban J connectivity index is 3.28. The summed E-state index contributed by atoms with van der Waals surface area (Å²) in [4.78, 5) is 23.5. The molecule has 0 bridgehead atoms. The maximum Gasteiger partial charge on any atom is 0.254 e. The zero-order valence-electron chi connectivity index (χ0n) is 9.29. The first-order valence-corrected chi connectivity index (χ1v) is 5.73. The Morgan fingerprint density at radius 2 is 2.06 bits per heavy atom. The Morgan fingerprint density at radius 3 is 2.50 bits per heavy atom. The van der Waals surface area contributed by atoms with E-state index in [1.165, 1.54) is 18.4 Å². The van der Waals surface area contributed by atoms with Gasteiger partial charge in [-0.15, -0.1) is 11.3 Å². The summed E-state index contributed by atoms with van der Waals surface area (Å²) in [6, 6.07) is 0. The topological polar surface area (TPSA) is 98.2 Å². The van der Waals surface area contributed by atoms with Crippen LogP contribution in [0.1, 0.15) is 27.7 Å². The van der Waals surface area contributed by atoms with Crippen LogP contribution in [0.15, 0.2) is 0 Å². The molecule has 0 radical (unpaired) electrons. The summed E-state index contributed by atoms with van der Waals surface area (Å²) in [5, 5.41) is 2.95. The summed E-state index contributed by atoms with van der Waals surface area (Å²) in [5.41, 5.74) is 12.0. The third kappa shape index (κ3) is 2.33. The van der Waals surface area contributed by atoms with Crippen molar-refractivity contribution < 1.29 is 9.59 Å². The number of hydrogen-bond donors (Lipinski definition) is 3. The van der Waals surface area contributed by atoms with Crippen molar-refractivity contribution in [3.63, 3.8) is 0 Å². The largest absolute Gasteiger partial charge is 0.390 e. The van der Waals surface area contributed by atoms with Gasteiger partial charge in [0.1, 0.15) is 0 Å². The third-order valence-corrected chi connectivity index (χ3v) is 3.45. The van der Waals surface area contributed by atoms with Crippen LogP contribution in [-0.4, -0.2) is 18.9 Å². The fraction of sp³-hybridized carbons (Fsp3) is 0.400. The molecule has 2 amide bonds. The maximum absolute atomic E-state index is 11.6. The van der Waals surface area contributed by atoms with Crippen molar-refractivity contribution in [2.24, 2.45) is 5.73 Å². The van der Waals surface area contributed by atoms with Gasteiger partial charge < -0.3 is 16.8 Å². The van der Waals surface area contributed by atoms with Gasteiger partial charge in [-0.2, -0.15) is 0 Å². The highest BCUT2D eigenvalue weighted by Crippen LogP contribution is 2.31. The molecule has 0 saturated carbocycles.